The van der Waals surface area contributed by atoms with Crippen molar-refractivity contribution in [2.75, 3.05) is 13.2 Å². The topological polar surface area (TPSA) is 35.2 Å². The second-order valence-corrected chi connectivity index (χ2v) is 3.74. The lowest BCUT2D eigenvalue weighted by atomic mass is 10.1. The van der Waals surface area contributed by atoms with E-state index in [1.807, 2.05) is 6.92 Å². The minimum atomic E-state index is -0.550. The van der Waals surface area contributed by atoms with Crippen molar-refractivity contribution in [3.8, 4) is 0 Å². The van der Waals surface area contributed by atoms with E-state index in [0.29, 0.717) is 13.2 Å². The highest BCUT2D eigenvalue weighted by atomic mass is 19.1. The van der Waals surface area contributed by atoms with Gasteiger partial charge in [0.15, 0.2) is 0 Å². The summed E-state index contributed by atoms with van der Waals surface area (Å²) in [6, 6.07) is 3.43. The second kappa shape index (κ2) is 6.55. The highest BCUT2D eigenvalue weighted by molar-refractivity contribution is 5.20. The molecule has 0 radical (unpaired) electrons. The quantitative estimate of drug-likeness (QED) is 0.759. The molecule has 0 saturated carbocycles. The van der Waals surface area contributed by atoms with Crippen molar-refractivity contribution in [2.45, 2.75) is 25.8 Å². The van der Waals surface area contributed by atoms with Crippen LogP contribution in [-0.4, -0.2) is 19.3 Å². The maximum absolute atomic E-state index is 13.3. The summed E-state index contributed by atoms with van der Waals surface area (Å²) in [5, 5.41) is 0. The van der Waals surface area contributed by atoms with Gasteiger partial charge in [0.2, 0.25) is 0 Å². The van der Waals surface area contributed by atoms with Crippen LogP contribution < -0.4 is 5.73 Å². The van der Waals surface area contributed by atoms with Gasteiger partial charge in [-0.2, -0.15) is 0 Å². The Labute approximate surface area is 94.4 Å². The highest BCUT2D eigenvalue weighted by Gasteiger charge is 2.12. The van der Waals surface area contributed by atoms with E-state index in [4.69, 9.17) is 10.5 Å². The molecule has 1 aromatic rings. The molecule has 4 heteroatoms. The average molecular weight is 229 g/mol. The van der Waals surface area contributed by atoms with Crippen LogP contribution in [0.15, 0.2) is 18.2 Å². The number of ether oxygens (including phenoxy) is 1. The molecular weight excluding hydrogens is 212 g/mol. The van der Waals surface area contributed by atoms with Gasteiger partial charge in [-0.25, -0.2) is 8.78 Å². The van der Waals surface area contributed by atoms with Gasteiger partial charge in [0.1, 0.15) is 11.6 Å². The first-order chi connectivity index (χ1) is 7.65. The van der Waals surface area contributed by atoms with Gasteiger partial charge in [-0.05, 0) is 25.0 Å². The lowest BCUT2D eigenvalue weighted by Gasteiger charge is -2.12. The third kappa shape index (κ3) is 3.87. The molecule has 0 bridgehead atoms. The van der Waals surface area contributed by atoms with E-state index >= 15 is 0 Å². The van der Waals surface area contributed by atoms with Crippen molar-refractivity contribution in [3.05, 3.63) is 35.4 Å². The molecule has 0 fully saturated rings. The normalized spacial score (nSPS) is 12.8. The summed E-state index contributed by atoms with van der Waals surface area (Å²) in [6.07, 6.45) is 1.06. The maximum Gasteiger partial charge on any atom is 0.129 e. The Bertz CT molecular complexity index is 311. The zero-order valence-electron chi connectivity index (χ0n) is 9.38. The number of hydrogen-bond donors (Lipinski definition) is 1. The Morgan fingerprint density at radius 3 is 2.50 bits per heavy atom. The molecule has 0 aliphatic heterocycles. The van der Waals surface area contributed by atoms with Crippen LogP contribution >= 0.6 is 0 Å². The second-order valence-electron chi connectivity index (χ2n) is 3.74. The number of halogens is 2. The van der Waals surface area contributed by atoms with E-state index < -0.39 is 11.6 Å². The van der Waals surface area contributed by atoms with Crippen molar-refractivity contribution in [3.63, 3.8) is 0 Å². The van der Waals surface area contributed by atoms with E-state index in [1.54, 1.807) is 0 Å². The van der Waals surface area contributed by atoms with E-state index in [-0.39, 0.29) is 18.0 Å². The van der Waals surface area contributed by atoms with Crippen molar-refractivity contribution in [1.82, 2.24) is 0 Å². The average Bonchev–Trinajstić information content (AvgIpc) is 2.24. The van der Waals surface area contributed by atoms with Gasteiger partial charge in [-0.15, -0.1) is 0 Å². The molecule has 0 aliphatic carbocycles. The first-order valence-corrected chi connectivity index (χ1v) is 5.41. The van der Waals surface area contributed by atoms with Crippen LogP contribution in [0.2, 0.25) is 0 Å². The summed E-state index contributed by atoms with van der Waals surface area (Å²) >= 11 is 0. The van der Waals surface area contributed by atoms with Crippen molar-refractivity contribution in [2.24, 2.45) is 5.73 Å². The van der Waals surface area contributed by atoms with E-state index in [9.17, 15) is 8.78 Å². The first-order valence-electron chi connectivity index (χ1n) is 5.41. The molecule has 1 aromatic carbocycles. The summed E-state index contributed by atoms with van der Waals surface area (Å²) in [7, 11) is 0. The minimum Gasteiger partial charge on any atom is -0.380 e. The van der Waals surface area contributed by atoms with Gasteiger partial charge >= 0.3 is 0 Å². The van der Waals surface area contributed by atoms with E-state index in [2.05, 4.69) is 0 Å². The fraction of sp³-hybridized carbons (Fsp3) is 0.500. The number of nitrogens with two attached hydrogens (primary N) is 1. The molecule has 0 saturated heterocycles. The smallest absolute Gasteiger partial charge is 0.129 e. The van der Waals surface area contributed by atoms with Gasteiger partial charge < -0.3 is 10.5 Å². The van der Waals surface area contributed by atoms with Crippen molar-refractivity contribution in [1.29, 1.82) is 0 Å². The minimum absolute atomic E-state index is 0.0371. The van der Waals surface area contributed by atoms with Gasteiger partial charge in [0.05, 0.1) is 6.61 Å². The number of rotatable bonds is 6. The summed E-state index contributed by atoms with van der Waals surface area (Å²) in [4.78, 5) is 0. The summed E-state index contributed by atoms with van der Waals surface area (Å²) in [6.45, 7) is 2.93. The summed E-state index contributed by atoms with van der Waals surface area (Å²) in [5.74, 6) is -1.10. The standard InChI is InChI=1S/C12H17F2NO/c1-2-6-16-8-9(15)7-10-11(13)4-3-5-12(10)14/h3-5,9H,2,6-8,15H2,1H3. The molecule has 0 aliphatic rings. The lowest BCUT2D eigenvalue weighted by molar-refractivity contribution is 0.121. The van der Waals surface area contributed by atoms with Gasteiger partial charge in [-0.3, -0.25) is 0 Å². The summed E-state index contributed by atoms with van der Waals surface area (Å²) < 4.78 is 31.8. The maximum atomic E-state index is 13.3. The molecule has 0 amide bonds. The zero-order valence-corrected chi connectivity index (χ0v) is 9.38. The first kappa shape index (κ1) is 13.1. The zero-order chi connectivity index (χ0) is 12.0. The van der Waals surface area contributed by atoms with Crippen LogP contribution in [0.1, 0.15) is 18.9 Å². The Kier molecular flexibility index (Phi) is 5.35. The Hall–Kier alpha value is -1.00. The Morgan fingerprint density at radius 2 is 1.94 bits per heavy atom. The molecule has 2 N–H and O–H groups in total. The van der Waals surface area contributed by atoms with Crippen LogP contribution in [0.5, 0.6) is 0 Å². The van der Waals surface area contributed by atoms with Crippen LogP contribution in [-0.2, 0) is 11.2 Å². The predicted molar refractivity (Wildman–Crippen MR) is 59.1 cm³/mol. The van der Waals surface area contributed by atoms with Crippen LogP contribution in [0.25, 0.3) is 0 Å². The Morgan fingerprint density at radius 1 is 1.31 bits per heavy atom. The third-order valence-corrected chi connectivity index (χ3v) is 2.21. The number of benzene rings is 1. The fourth-order valence-electron chi connectivity index (χ4n) is 1.43. The van der Waals surface area contributed by atoms with E-state index in [0.717, 1.165) is 6.42 Å². The third-order valence-electron chi connectivity index (χ3n) is 2.21. The molecule has 1 rings (SSSR count). The van der Waals surface area contributed by atoms with Crippen molar-refractivity contribution < 1.29 is 13.5 Å². The molecular formula is C12H17F2NO. The molecule has 1 atom stereocenters. The molecule has 2 nitrogen and oxygen atoms in total. The molecule has 0 aromatic heterocycles. The van der Waals surface area contributed by atoms with Crippen LogP contribution in [0.4, 0.5) is 8.78 Å². The molecule has 16 heavy (non-hydrogen) atoms. The fourth-order valence-corrected chi connectivity index (χ4v) is 1.43. The van der Waals surface area contributed by atoms with Crippen LogP contribution in [0, 0.1) is 11.6 Å². The van der Waals surface area contributed by atoms with Crippen LogP contribution in [0.3, 0.4) is 0 Å². The predicted octanol–water partition coefficient (Wildman–Crippen LogP) is 2.26. The molecule has 90 valence electrons. The lowest BCUT2D eigenvalue weighted by Crippen LogP contribution is -2.29. The SMILES string of the molecule is CCCOCC(N)Cc1c(F)cccc1F. The highest BCUT2D eigenvalue weighted by Crippen LogP contribution is 2.13. The molecule has 0 spiro atoms. The van der Waals surface area contributed by atoms with Gasteiger partial charge in [0, 0.05) is 18.2 Å². The van der Waals surface area contributed by atoms with Gasteiger partial charge in [0.25, 0.3) is 0 Å². The number of hydrogen-bond acceptors (Lipinski definition) is 2. The monoisotopic (exact) mass is 229 g/mol. The van der Waals surface area contributed by atoms with E-state index in [1.165, 1.54) is 18.2 Å². The summed E-state index contributed by atoms with van der Waals surface area (Å²) in [5.41, 5.74) is 5.76. The van der Waals surface area contributed by atoms with Crippen molar-refractivity contribution >= 4 is 0 Å². The van der Waals surface area contributed by atoms with Gasteiger partial charge in [-0.1, -0.05) is 13.0 Å². The Balaban J connectivity index is 2.52. The molecule has 1 unspecified atom stereocenters. The molecule has 0 heterocycles. The largest absolute Gasteiger partial charge is 0.380 e.